The van der Waals surface area contributed by atoms with Gasteiger partial charge in [0.25, 0.3) is 0 Å². The maximum atomic E-state index is 12.3. The third kappa shape index (κ3) is 6.92. The average molecular weight is 417 g/mol. The van der Waals surface area contributed by atoms with Gasteiger partial charge in [0.1, 0.15) is 6.54 Å². The SMILES string of the molecule is Cc1ccccc1CN(C=O)CC(=O)Nc1ncc(CCCN2CCOCC2)s1. The molecule has 2 aromatic rings. The first-order valence-corrected chi connectivity index (χ1v) is 10.7. The molecule has 8 heteroatoms. The van der Waals surface area contributed by atoms with Crippen molar-refractivity contribution in [2.75, 3.05) is 44.7 Å². The molecule has 3 rings (SSSR count). The number of nitrogens with zero attached hydrogens (tertiary/aromatic N) is 3. The molecular weight excluding hydrogens is 388 g/mol. The minimum atomic E-state index is -0.236. The molecule has 2 heterocycles. The number of aromatic nitrogens is 1. The van der Waals surface area contributed by atoms with Crippen LogP contribution in [-0.4, -0.2) is 66.5 Å². The van der Waals surface area contributed by atoms with Crippen LogP contribution < -0.4 is 5.32 Å². The van der Waals surface area contributed by atoms with Crippen LogP contribution in [0.4, 0.5) is 5.13 Å². The Labute approximate surface area is 175 Å². The fourth-order valence-corrected chi connectivity index (χ4v) is 4.13. The highest BCUT2D eigenvalue weighted by molar-refractivity contribution is 7.15. The molecule has 7 nitrogen and oxygen atoms in total. The molecule has 1 fully saturated rings. The maximum absolute atomic E-state index is 12.3. The molecule has 1 aromatic carbocycles. The Hall–Kier alpha value is -2.29. The maximum Gasteiger partial charge on any atom is 0.245 e. The normalized spacial score (nSPS) is 14.5. The topological polar surface area (TPSA) is 74.8 Å². The van der Waals surface area contributed by atoms with Gasteiger partial charge in [-0.1, -0.05) is 24.3 Å². The predicted molar refractivity (Wildman–Crippen MR) is 114 cm³/mol. The quantitative estimate of drug-likeness (QED) is 0.602. The number of benzene rings is 1. The predicted octanol–water partition coefficient (Wildman–Crippen LogP) is 2.31. The van der Waals surface area contributed by atoms with E-state index in [-0.39, 0.29) is 12.5 Å². The van der Waals surface area contributed by atoms with Gasteiger partial charge in [0.15, 0.2) is 5.13 Å². The number of rotatable bonds is 10. The molecule has 0 saturated carbocycles. The second-order valence-electron chi connectivity index (χ2n) is 7.17. The number of aryl methyl sites for hydroxylation is 2. The second kappa shape index (κ2) is 11.0. The summed E-state index contributed by atoms with van der Waals surface area (Å²) < 4.78 is 5.36. The molecule has 1 saturated heterocycles. The van der Waals surface area contributed by atoms with Crippen molar-refractivity contribution < 1.29 is 14.3 Å². The number of amides is 2. The molecule has 2 amide bonds. The zero-order valence-electron chi connectivity index (χ0n) is 16.8. The monoisotopic (exact) mass is 416 g/mol. The number of ether oxygens (including phenoxy) is 1. The molecule has 1 aliphatic heterocycles. The number of carbonyl (C=O) groups excluding carboxylic acids is 2. The van der Waals surface area contributed by atoms with Crippen LogP contribution in [0.25, 0.3) is 0 Å². The van der Waals surface area contributed by atoms with Crippen molar-refractivity contribution >= 4 is 28.8 Å². The van der Waals surface area contributed by atoms with Gasteiger partial charge in [0.2, 0.25) is 12.3 Å². The lowest BCUT2D eigenvalue weighted by Crippen LogP contribution is -2.36. The van der Waals surface area contributed by atoms with Crippen LogP contribution in [0.2, 0.25) is 0 Å². The summed E-state index contributed by atoms with van der Waals surface area (Å²) in [6, 6.07) is 7.85. The molecule has 0 unspecified atom stereocenters. The minimum absolute atomic E-state index is 0.00375. The summed E-state index contributed by atoms with van der Waals surface area (Å²) in [5.74, 6) is -0.236. The van der Waals surface area contributed by atoms with E-state index in [1.807, 2.05) is 37.4 Å². The van der Waals surface area contributed by atoms with Crippen molar-refractivity contribution in [3.63, 3.8) is 0 Å². The van der Waals surface area contributed by atoms with Crippen LogP contribution in [0.3, 0.4) is 0 Å². The number of carbonyl (C=O) groups is 2. The van der Waals surface area contributed by atoms with E-state index in [4.69, 9.17) is 4.74 Å². The standard InChI is InChI=1S/C21H28N4O3S/c1-17-5-2-3-6-18(17)14-25(16-26)15-20(27)23-21-22-13-19(29-21)7-4-8-24-9-11-28-12-10-24/h2-3,5-6,13,16H,4,7-12,14-15H2,1H3,(H,22,23,27). The Morgan fingerprint density at radius 1 is 1.34 bits per heavy atom. The summed E-state index contributed by atoms with van der Waals surface area (Å²) in [6.45, 7) is 7.10. The van der Waals surface area contributed by atoms with Gasteiger partial charge < -0.3 is 15.0 Å². The second-order valence-corrected chi connectivity index (χ2v) is 8.29. The van der Waals surface area contributed by atoms with Gasteiger partial charge in [0.05, 0.1) is 13.2 Å². The summed E-state index contributed by atoms with van der Waals surface area (Å²) in [5, 5.41) is 3.39. The van der Waals surface area contributed by atoms with Crippen LogP contribution in [0.15, 0.2) is 30.5 Å². The fraction of sp³-hybridized carbons (Fsp3) is 0.476. The van der Waals surface area contributed by atoms with E-state index in [0.29, 0.717) is 18.1 Å². The summed E-state index contributed by atoms with van der Waals surface area (Å²) in [5.41, 5.74) is 2.13. The molecule has 1 aromatic heterocycles. The van der Waals surface area contributed by atoms with Crippen LogP contribution in [-0.2, 0) is 27.3 Å². The lowest BCUT2D eigenvalue weighted by Gasteiger charge is -2.26. The number of anilines is 1. The number of hydrogen-bond acceptors (Lipinski definition) is 6. The first-order chi connectivity index (χ1) is 14.1. The lowest BCUT2D eigenvalue weighted by molar-refractivity contribution is -0.125. The van der Waals surface area contributed by atoms with Crippen LogP contribution in [0.1, 0.15) is 22.4 Å². The third-order valence-electron chi connectivity index (χ3n) is 4.93. The molecule has 156 valence electrons. The molecule has 0 spiro atoms. The highest BCUT2D eigenvalue weighted by atomic mass is 32.1. The van der Waals surface area contributed by atoms with E-state index in [0.717, 1.165) is 61.7 Å². The van der Waals surface area contributed by atoms with Gasteiger partial charge in [-0.05, 0) is 37.4 Å². The number of morpholine rings is 1. The van der Waals surface area contributed by atoms with Gasteiger partial charge in [0, 0.05) is 30.7 Å². The highest BCUT2D eigenvalue weighted by Gasteiger charge is 2.13. The van der Waals surface area contributed by atoms with Crippen molar-refractivity contribution in [1.82, 2.24) is 14.8 Å². The number of hydrogen-bond donors (Lipinski definition) is 1. The smallest absolute Gasteiger partial charge is 0.245 e. The largest absolute Gasteiger partial charge is 0.379 e. The van der Waals surface area contributed by atoms with Crippen LogP contribution >= 0.6 is 11.3 Å². The molecule has 0 radical (unpaired) electrons. The Bertz CT molecular complexity index is 805. The zero-order valence-corrected chi connectivity index (χ0v) is 17.6. The van der Waals surface area contributed by atoms with E-state index in [9.17, 15) is 9.59 Å². The molecule has 0 aliphatic carbocycles. The van der Waals surface area contributed by atoms with Gasteiger partial charge in [-0.3, -0.25) is 14.5 Å². The van der Waals surface area contributed by atoms with E-state index in [1.54, 1.807) is 0 Å². The highest BCUT2D eigenvalue weighted by Crippen LogP contribution is 2.20. The third-order valence-corrected chi connectivity index (χ3v) is 5.90. The van der Waals surface area contributed by atoms with Crippen molar-refractivity contribution in [2.45, 2.75) is 26.3 Å². The minimum Gasteiger partial charge on any atom is -0.379 e. The summed E-state index contributed by atoms with van der Waals surface area (Å²) in [4.78, 5) is 33.0. The molecule has 0 atom stereocenters. The van der Waals surface area contributed by atoms with Gasteiger partial charge in [-0.2, -0.15) is 0 Å². The number of nitrogens with one attached hydrogen (secondary N) is 1. The molecule has 1 N–H and O–H groups in total. The molecule has 29 heavy (non-hydrogen) atoms. The first kappa shape index (κ1) is 21.4. The number of thiazole rings is 1. The first-order valence-electron chi connectivity index (χ1n) is 9.92. The molecule has 1 aliphatic rings. The Balaban J connectivity index is 1.42. The van der Waals surface area contributed by atoms with Crippen molar-refractivity contribution in [3.05, 3.63) is 46.5 Å². The van der Waals surface area contributed by atoms with E-state index < -0.39 is 0 Å². The molecule has 0 bridgehead atoms. The van der Waals surface area contributed by atoms with Crippen LogP contribution in [0, 0.1) is 6.92 Å². The Morgan fingerprint density at radius 3 is 2.90 bits per heavy atom. The summed E-state index contributed by atoms with van der Waals surface area (Å²) in [6.07, 6.45) is 4.54. The van der Waals surface area contributed by atoms with Crippen LogP contribution in [0.5, 0.6) is 0 Å². The van der Waals surface area contributed by atoms with E-state index in [2.05, 4.69) is 15.2 Å². The average Bonchev–Trinajstić information content (AvgIpc) is 3.17. The Morgan fingerprint density at radius 2 is 2.14 bits per heavy atom. The summed E-state index contributed by atoms with van der Waals surface area (Å²) >= 11 is 1.50. The lowest BCUT2D eigenvalue weighted by atomic mass is 10.1. The fourth-order valence-electron chi connectivity index (χ4n) is 3.26. The van der Waals surface area contributed by atoms with Gasteiger partial charge in [-0.15, -0.1) is 11.3 Å². The van der Waals surface area contributed by atoms with Gasteiger partial charge in [-0.25, -0.2) is 4.98 Å². The summed E-state index contributed by atoms with van der Waals surface area (Å²) in [7, 11) is 0. The van der Waals surface area contributed by atoms with E-state index >= 15 is 0 Å². The van der Waals surface area contributed by atoms with Crippen molar-refractivity contribution in [2.24, 2.45) is 0 Å². The van der Waals surface area contributed by atoms with Crippen molar-refractivity contribution in [3.8, 4) is 0 Å². The van der Waals surface area contributed by atoms with E-state index in [1.165, 1.54) is 16.2 Å². The van der Waals surface area contributed by atoms with Gasteiger partial charge >= 0.3 is 0 Å². The zero-order chi connectivity index (χ0) is 20.5. The Kier molecular flexibility index (Phi) is 8.15. The molecular formula is C21H28N4O3S. The van der Waals surface area contributed by atoms with Crippen molar-refractivity contribution in [1.29, 1.82) is 0 Å².